The van der Waals surface area contributed by atoms with Gasteiger partial charge in [0.25, 0.3) is 5.91 Å². The summed E-state index contributed by atoms with van der Waals surface area (Å²) < 4.78 is 5.07. The van der Waals surface area contributed by atoms with Crippen LogP contribution in [-0.4, -0.2) is 18.1 Å². The monoisotopic (exact) mass is 272 g/mol. The molecule has 0 bridgehead atoms. The number of nitrogens with one attached hydrogen (secondary N) is 1. The molecule has 5 heteroatoms. The first-order valence-corrected chi connectivity index (χ1v) is 6.06. The summed E-state index contributed by atoms with van der Waals surface area (Å²) in [6.07, 6.45) is 0. The van der Waals surface area contributed by atoms with E-state index >= 15 is 0 Å². The molecule has 2 aromatic rings. The summed E-state index contributed by atoms with van der Waals surface area (Å²) in [6.45, 7) is 0. The third-order valence-corrected chi connectivity index (χ3v) is 3.16. The Labute approximate surface area is 117 Å². The number of aliphatic hydroxyl groups is 1. The van der Waals surface area contributed by atoms with Crippen molar-refractivity contribution in [2.24, 2.45) is 5.84 Å². The second-order valence-electron chi connectivity index (χ2n) is 4.28. The van der Waals surface area contributed by atoms with E-state index < -0.39 is 11.5 Å². The van der Waals surface area contributed by atoms with Crippen LogP contribution < -0.4 is 16.0 Å². The molecule has 20 heavy (non-hydrogen) atoms. The van der Waals surface area contributed by atoms with Crippen LogP contribution in [0.4, 0.5) is 0 Å². The summed E-state index contributed by atoms with van der Waals surface area (Å²) in [7, 11) is 1.55. The number of hydrogen-bond donors (Lipinski definition) is 3. The van der Waals surface area contributed by atoms with Gasteiger partial charge in [-0.15, -0.1) is 0 Å². The Kier molecular flexibility index (Phi) is 4.02. The molecular formula is C15H16N2O3. The minimum atomic E-state index is -1.84. The van der Waals surface area contributed by atoms with Crippen molar-refractivity contribution in [2.75, 3.05) is 7.11 Å². The second kappa shape index (κ2) is 5.73. The van der Waals surface area contributed by atoms with Crippen molar-refractivity contribution in [3.05, 3.63) is 65.7 Å². The van der Waals surface area contributed by atoms with Gasteiger partial charge in [-0.3, -0.25) is 10.2 Å². The average Bonchev–Trinajstić information content (AvgIpc) is 2.54. The minimum Gasteiger partial charge on any atom is -0.497 e. The van der Waals surface area contributed by atoms with E-state index in [0.717, 1.165) is 0 Å². The molecule has 1 unspecified atom stereocenters. The average molecular weight is 272 g/mol. The highest BCUT2D eigenvalue weighted by atomic mass is 16.5. The fourth-order valence-electron chi connectivity index (χ4n) is 2.04. The van der Waals surface area contributed by atoms with E-state index in [1.165, 1.54) is 0 Å². The molecule has 0 heterocycles. The van der Waals surface area contributed by atoms with Gasteiger partial charge in [0.05, 0.1) is 7.11 Å². The molecule has 104 valence electrons. The fraction of sp³-hybridized carbons (Fsp3) is 0.133. The molecule has 0 aromatic heterocycles. The maximum Gasteiger partial charge on any atom is 0.275 e. The lowest BCUT2D eigenvalue weighted by Crippen LogP contribution is -2.48. The molecule has 1 amide bonds. The summed E-state index contributed by atoms with van der Waals surface area (Å²) in [5.41, 5.74) is 1.01. The van der Waals surface area contributed by atoms with Crippen molar-refractivity contribution in [3.63, 3.8) is 0 Å². The number of hydrogen-bond acceptors (Lipinski definition) is 4. The number of ether oxygens (including phenoxy) is 1. The second-order valence-corrected chi connectivity index (χ2v) is 4.28. The predicted octanol–water partition coefficient (Wildman–Crippen LogP) is 0.921. The quantitative estimate of drug-likeness (QED) is 0.439. The van der Waals surface area contributed by atoms with Crippen molar-refractivity contribution >= 4 is 5.91 Å². The zero-order valence-corrected chi connectivity index (χ0v) is 11.0. The van der Waals surface area contributed by atoms with Crippen molar-refractivity contribution in [1.29, 1.82) is 0 Å². The van der Waals surface area contributed by atoms with Gasteiger partial charge in [0.1, 0.15) is 5.75 Å². The molecule has 0 fully saturated rings. The Morgan fingerprint density at radius 1 is 1.10 bits per heavy atom. The Balaban J connectivity index is 2.54. The molecule has 2 aromatic carbocycles. The number of carbonyl (C=O) groups is 1. The zero-order valence-electron chi connectivity index (χ0n) is 11.0. The number of rotatable bonds is 4. The Bertz CT molecular complexity index is 584. The van der Waals surface area contributed by atoms with Gasteiger partial charge in [0.15, 0.2) is 5.60 Å². The molecule has 0 radical (unpaired) electrons. The van der Waals surface area contributed by atoms with Crippen molar-refractivity contribution in [1.82, 2.24) is 5.43 Å². The molecule has 4 N–H and O–H groups in total. The van der Waals surface area contributed by atoms with Crippen LogP contribution in [0.5, 0.6) is 5.75 Å². The highest BCUT2D eigenvalue weighted by Crippen LogP contribution is 2.30. The number of methoxy groups -OCH3 is 1. The van der Waals surface area contributed by atoms with Gasteiger partial charge in [-0.25, -0.2) is 5.84 Å². The first kappa shape index (κ1) is 14.0. The maximum absolute atomic E-state index is 12.1. The van der Waals surface area contributed by atoms with Crippen LogP contribution in [0, 0.1) is 0 Å². The molecule has 2 rings (SSSR count). The number of nitrogens with two attached hydrogens (primary N) is 1. The number of benzene rings is 2. The van der Waals surface area contributed by atoms with Gasteiger partial charge >= 0.3 is 0 Å². The van der Waals surface area contributed by atoms with Gasteiger partial charge in [-0.2, -0.15) is 0 Å². The number of hydrazine groups is 1. The predicted molar refractivity (Wildman–Crippen MR) is 74.8 cm³/mol. The van der Waals surface area contributed by atoms with Crippen molar-refractivity contribution in [2.45, 2.75) is 5.60 Å². The van der Waals surface area contributed by atoms with Crippen molar-refractivity contribution < 1.29 is 14.6 Å². The molecule has 0 aliphatic heterocycles. The number of carbonyl (C=O) groups excluding carboxylic acids is 1. The van der Waals surface area contributed by atoms with Crippen LogP contribution in [0.3, 0.4) is 0 Å². The molecule has 1 atom stereocenters. The molecule has 0 saturated heterocycles. The first-order chi connectivity index (χ1) is 9.62. The molecular weight excluding hydrogens is 256 g/mol. The molecule has 0 saturated carbocycles. The lowest BCUT2D eigenvalue weighted by Gasteiger charge is -2.27. The van der Waals surface area contributed by atoms with Crippen molar-refractivity contribution in [3.8, 4) is 5.75 Å². The van der Waals surface area contributed by atoms with Crippen LogP contribution in [0.1, 0.15) is 11.1 Å². The van der Waals surface area contributed by atoms with E-state index in [9.17, 15) is 9.90 Å². The van der Waals surface area contributed by atoms with Gasteiger partial charge in [0, 0.05) is 0 Å². The van der Waals surface area contributed by atoms with E-state index in [2.05, 4.69) is 0 Å². The van der Waals surface area contributed by atoms with E-state index in [4.69, 9.17) is 10.6 Å². The Hall–Kier alpha value is -2.37. The Morgan fingerprint density at radius 2 is 1.65 bits per heavy atom. The zero-order chi connectivity index (χ0) is 14.6. The SMILES string of the molecule is COc1ccc(C(O)(C(=O)NN)c2ccccc2)cc1. The fourth-order valence-corrected chi connectivity index (χ4v) is 2.04. The highest BCUT2D eigenvalue weighted by Gasteiger charge is 2.39. The highest BCUT2D eigenvalue weighted by molar-refractivity contribution is 5.89. The lowest BCUT2D eigenvalue weighted by molar-refractivity contribution is -0.136. The standard InChI is InChI=1S/C15H16N2O3/c1-20-13-9-7-12(8-10-13)15(19,14(18)17-16)11-5-3-2-4-6-11/h2-10,19H,16H2,1H3,(H,17,18). The molecule has 5 nitrogen and oxygen atoms in total. The van der Waals surface area contributed by atoms with Crippen LogP contribution in [0.25, 0.3) is 0 Å². The third-order valence-electron chi connectivity index (χ3n) is 3.16. The third kappa shape index (κ3) is 2.36. The van der Waals surface area contributed by atoms with Gasteiger partial charge in [-0.05, 0) is 23.3 Å². The topological polar surface area (TPSA) is 84.6 Å². The smallest absolute Gasteiger partial charge is 0.275 e. The molecule has 0 aliphatic carbocycles. The molecule has 0 spiro atoms. The van der Waals surface area contributed by atoms with Gasteiger partial charge in [0.2, 0.25) is 0 Å². The van der Waals surface area contributed by atoms with Crippen LogP contribution in [-0.2, 0) is 10.4 Å². The van der Waals surface area contributed by atoms with E-state index in [0.29, 0.717) is 16.9 Å². The van der Waals surface area contributed by atoms with E-state index in [1.54, 1.807) is 61.7 Å². The largest absolute Gasteiger partial charge is 0.497 e. The summed E-state index contributed by atoms with van der Waals surface area (Å²) in [6, 6.07) is 15.2. The summed E-state index contributed by atoms with van der Waals surface area (Å²) in [5, 5.41) is 10.9. The summed E-state index contributed by atoms with van der Waals surface area (Å²) in [4.78, 5) is 12.1. The summed E-state index contributed by atoms with van der Waals surface area (Å²) >= 11 is 0. The normalized spacial score (nSPS) is 13.3. The lowest BCUT2D eigenvalue weighted by atomic mass is 9.85. The van der Waals surface area contributed by atoms with E-state index in [-0.39, 0.29) is 0 Å². The number of amides is 1. The van der Waals surface area contributed by atoms with Crippen LogP contribution >= 0.6 is 0 Å². The minimum absolute atomic E-state index is 0.410. The molecule has 0 aliphatic rings. The van der Waals surface area contributed by atoms with Crippen LogP contribution in [0.2, 0.25) is 0 Å². The first-order valence-electron chi connectivity index (χ1n) is 6.06. The van der Waals surface area contributed by atoms with E-state index in [1.807, 2.05) is 5.43 Å². The summed E-state index contributed by atoms with van der Waals surface area (Å²) in [5.74, 6) is 5.14. The Morgan fingerprint density at radius 3 is 2.15 bits per heavy atom. The van der Waals surface area contributed by atoms with Gasteiger partial charge < -0.3 is 9.84 Å². The maximum atomic E-state index is 12.1. The van der Waals surface area contributed by atoms with Crippen LogP contribution in [0.15, 0.2) is 54.6 Å². The van der Waals surface area contributed by atoms with Gasteiger partial charge in [-0.1, -0.05) is 42.5 Å².